The van der Waals surface area contributed by atoms with Crippen LogP contribution in [0.1, 0.15) is 194 Å². The van der Waals surface area contributed by atoms with Crippen LogP contribution in [0.25, 0.3) is 0 Å². The zero-order chi connectivity index (χ0) is 39.1. The molecule has 0 saturated heterocycles. The molecule has 3 N–H and O–H groups in total. The fourth-order valence-corrected chi connectivity index (χ4v) is 6.49. The monoisotopic (exact) mass is 775 g/mol. The summed E-state index contributed by atoms with van der Waals surface area (Å²) in [6.07, 6.45) is 37.3. The lowest BCUT2D eigenvalue weighted by molar-refractivity contribution is -0.147. The lowest BCUT2D eigenvalue weighted by Gasteiger charge is -2.17. The zero-order valence-corrected chi connectivity index (χ0v) is 34.6. The molecule has 0 spiro atoms. The Bertz CT molecular complexity index is 871. The summed E-state index contributed by atoms with van der Waals surface area (Å²) in [5.74, 6) is -0.889. The number of carbonyl (C=O) groups is 2. The number of unbranched alkanes of at least 4 members (excludes halogenated alkanes) is 22. The van der Waals surface area contributed by atoms with E-state index in [1.165, 1.54) is 89.9 Å². The number of allylic oxidation sites excluding steroid dienone is 4. The number of hydrogen-bond donors (Lipinski definition) is 3. The van der Waals surface area contributed by atoms with Gasteiger partial charge in [-0.1, -0.05) is 141 Å². The van der Waals surface area contributed by atoms with Crippen molar-refractivity contribution in [1.29, 1.82) is 0 Å². The summed E-state index contributed by atoms with van der Waals surface area (Å²) in [6.45, 7) is 2.52. The van der Waals surface area contributed by atoms with E-state index in [1.807, 2.05) is 0 Å². The SMILES string of the molecule is CCCCCCCC/C=C\CCCCCCCC(=O)OC[C@@H](O)COP(=O)(O)OC[C@@H](O)COC(=O)CCCCCCC/C=C\CCCCCCCC. The molecule has 0 amide bonds. The van der Waals surface area contributed by atoms with Gasteiger partial charge in [0.05, 0.1) is 13.2 Å². The highest BCUT2D eigenvalue weighted by molar-refractivity contribution is 7.47. The molecule has 0 bridgehead atoms. The summed E-state index contributed by atoms with van der Waals surface area (Å²) in [5.41, 5.74) is 0. The first-order chi connectivity index (χ1) is 25.7. The number of hydrogen-bond acceptors (Lipinski definition) is 9. The number of esters is 2. The first-order valence-electron chi connectivity index (χ1n) is 21.3. The zero-order valence-electron chi connectivity index (χ0n) is 33.7. The van der Waals surface area contributed by atoms with Gasteiger partial charge in [0.25, 0.3) is 0 Å². The predicted molar refractivity (Wildman–Crippen MR) is 215 cm³/mol. The van der Waals surface area contributed by atoms with Crippen LogP contribution in [0.5, 0.6) is 0 Å². The molecule has 10 nitrogen and oxygen atoms in total. The Morgan fingerprint density at radius 1 is 0.472 bits per heavy atom. The van der Waals surface area contributed by atoms with Gasteiger partial charge in [0.1, 0.15) is 25.4 Å². The summed E-state index contributed by atoms with van der Waals surface area (Å²) in [7, 11) is -4.60. The van der Waals surface area contributed by atoms with Gasteiger partial charge in [-0.3, -0.25) is 18.6 Å². The van der Waals surface area contributed by atoms with E-state index >= 15 is 0 Å². The van der Waals surface area contributed by atoms with Crippen LogP contribution >= 0.6 is 7.82 Å². The maximum absolute atomic E-state index is 12.1. The molecule has 0 aliphatic carbocycles. The normalized spacial score (nSPS) is 14.1. The van der Waals surface area contributed by atoms with Crippen LogP contribution in [0.2, 0.25) is 0 Å². The first kappa shape index (κ1) is 51.5. The summed E-state index contributed by atoms with van der Waals surface area (Å²) < 4.78 is 31.7. The van der Waals surface area contributed by atoms with Gasteiger partial charge < -0.3 is 24.6 Å². The molecule has 0 aromatic carbocycles. The number of rotatable bonds is 40. The van der Waals surface area contributed by atoms with Crippen LogP contribution in [0.3, 0.4) is 0 Å². The molecular formula is C42H79O10P. The van der Waals surface area contributed by atoms with Gasteiger partial charge in [0.15, 0.2) is 0 Å². The Hall–Kier alpha value is -1.55. The van der Waals surface area contributed by atoms with Gasteiger partial charge >= 0.3 is 19.8 Å². The van der Waals surface area contributed by atoms with E-state index in [-0.39, 0.29) is 26.1 Å². The molecule has 53 heavy (non-hydrogen) atoms. The Balaban J connectivity index is 3.71. The maximum Gasteiger partial charge on any atom is 0.472 e. The predicted octanol–water partition coefficient (Wildman–Crippen LogP) is 11.0. The number of carbonyl (C=O) groups excluding carboxylic acids is 2. The highest BCUT2D eigenvalue weighted by Gasteiger charge is 2.25. The van der Waals surface area contributed by atoms with E-state index in [1.54, 1.807) is 0 Å². The number of phosphoric acid groups is 1. The molecule has 0 aromatic rings. The van der Waals surface area contributed by atoms with E-state index in [9.17, 15) is 29.3 Å². The molecule has 0 rings (SSSR count). The summed E-state index contributed by atoms with van der Waals surface area (Å²) >= 11 is 0. The molecule has 0 fully saturated rings. The smallest absolute Gasteiger partial charge is 0.463 e. The van der Waals surface area contributed by atoms with Crippen molar-refractivity contribution < 1.29 is 47.8 Å². The van der Waals surface area contributed by atoms with Crippen molar-refractivity contribution in [3.63, 3.8) is 0 Å². The standard InChI is InChI=1S/C42H79O10P/c1-3-5-7-9-11-13-15-17-19-21-23-25-27-29-31-33-41(45)49-35-39(43)37-51-53(47,48)52-38-40(44)36-50-42(46)34-32-30-28-26-24-22-20-18-16-14-12-10-8-6-4-2/h17-20,39-40,43-44H,3-16,21-38H2,1-2H3,(H,47,48)/b19-17-,20-18-/t39-,40+. The second kappa shape index (κ2) is 38.7. The molecule has 3 atom stereocenters. The molecule has 0 heterocycles. The lowest BCUT2D eigenvalue weighted by Crippen LogP contribution is -2.25. The van der Waals surface area contributed by atoms with Crippen molar-refractivity contribution in [2.75, 3.05) is 26.4 Å². The Labute approximate surface area is 323 Å². The van der Waals surface area contributed by atoms with E-state index in [4.69, 9.17) is 18.5 Å². The molecule has 312 valence electrons. The second-order valence-electron chi connectivity index (χ2n) is 14.4. The van der Waals surface area contributed by atoms with E-state index in [0.717, 1.165) is 64.2 Å². The Morgan fingerprint density at radius 3 is 1.08 bits per heavy atom. The first-order valence-corrected chi connectivity index (χ1v) is 22.8. The molecule has 11 heteroatoms. The highest BCUT2D eigenvalue weighted by atomic mass is 31.2. The summed E-state index contributed by atoms with van der Waals surface area (Å²) in [4.78, 5) is 33.8. The lowest BCUT2D eigenvalue weighted by atomic mass is 10.1. The fraction of sp³-hybridized carbons (Fsp3) is 0.857. The molecule has 1 unspecified atom stereocenters. The third-order valence-corrected chi connectivity index (χ3v) is 9.97. The minimum atomic E-state index is -4.60. The van der Waals surface area contributed by atoms with Crippen molar-refractivity contribution in [1.82, 2.24) is 0 Å². The number of phosphoric ester groups is 1. The molecule has 0 aliphatic heterocycles. The molecule has 0 saturated carbocycles. The number of aliphatic hydroxyl groups excluding tert-OH is 2. The van der Waals surface area contributed by atoms with Gasteiger partial charge in [-0.15, -0.1) is 0 Å². The van der Waals surface area contributed by atoms with Crippen molar-refractivity contribution in [3.8, 4) is 0 Å². The van der Waals surface area contributed by atoms with Gasteiger partial charge in [0.2, 0.25) is 0 Å². The average molecular weight is 775 g/mol. The van der Waals surface area contributed by atoms with Gasteiger partial charge in [-0.25, -0.2) is 4.57 Å². The Morgan fingerprint density at radius 2 is 0.755 bits per heavy atom. The summed E-state index contributed by atoms with van der Waals surface area (Å²) in [6, 6.07) is 0. The van der Waals surface area contributed by atoms with E-state index in [2.05, 4.69) is 38.2 Å². The average Bonchev–Trinajstić information content (AvgIpc) is 3.14. The van der Waals surface area contributed by atoms with Crippen LogP contribution in [-0.4, -0.2) is 65.7 Å². The third-order valence-electron chi connectivity index (χ3n) is 9.02. The van der Waals surface area contributed by atoms with Crippen molar-refractivity contribution >= 4 is 19.8 Å². The van der Waals surface area contributed by atoms with Crippen LogP contribution in [0.15, 0.2) is 24.3 Å². The largest absolute Gasteiger partial charge is 0.472 e. The molecule has 0 aromatic heterocycles. The fourth-order valence-electron chi connectivity index (χ4n) is 5.70. The van der Waals surface area contributed by atoms with Crippen LogP contribution < -0.4 is 0 Å². The number of ether oxygens (including phenoxy) is 2. The van der Waals surface area contributed by atoms with E-state index in [0.29, 0.717) is 12.8 Å². The van der Waals surface area contributed by atoms with Gasteiger partial charge in [0, 0.05) is 12.8 Å². The quantitative estimate of drug-likeness (QED) is 0.0238. The van der Waals surface area contributed by atoms with Gasteiger partial charge in [-0.05, 0) is 64.2 Å². The summed E-state index contributed by atoms with van der Waals surface area (Å²) in [5, 5.41) is 20.0. The number of aliphatic hydroxyl groups is 2. The molecule has 0 aliphatic rings. The second-order valence-corrected chi connectivity index (χ2v) is 15.9. The van der Waals surface area contributed by atoms with Crippen LogP contribution in [0.4, 0.5) is 0 Å². The Kier molecular flexibility index (Phi) is 37.6. The van der Waals surface area contributed by atoms with Crippen molar-refractivity contribution in [2.45, 2.75) is 206 Å². The van der Waals surface area contributed by atoms with Crippen LogP contribution in [-0.2, 0) is 32.7 Å². The van der Waals surface area contributed by atoms with Crippen LogP contribution in [0, 0.1) is 0 Å². The highest BCUT2D eigenvalue weighted by Crippen LogP contribution is 2.43. The van der Waals surface area contributed by atoms with Crippen molar-refractivity contribution in [3.05, 3.63) is 24.3 Å². The minimum Gasteiger partial charge on any atom is -0.463 e. The maximum atomic E-state index is 12.1. The molecular weight excluding hydrogens is 695 g/mol. The van der Waals surface area contributed by atoms with E-state index < -0.39 is 45.2 Å². The van der Waals surface area contributed by atoms with Crippen molar-refractivity contribution in [2.24, 2.45) is 0 Å². The minimum absolute atomic E-state index is 0.243. The molecule has 0 radical (unpaired) electrons. The topological polar surface area (TPSA) is 149 Å². The third kappa shape index (κ3) is 39.9. The van der Waals surface area contributed by atoms with Gasteiger partial charge in [-0.2, -0.15) is 0 Å².